The van der Waals surface area contributed by atoms with Gasteiger partial charge in [-0.15, -0.1) is 0 Å². The Hall–Kier alpha value is -4.47. The van der Waals surface area contributed by atoms with Gasteiger partial charge in [0.1, 0.15) is 13.2 Å². The van der Waals surface area contributed by atoms with Gasteiger partial charge in [0.15, 0.2) is 5.43 Å². The van der Waals surface area contributed by atoms with Crippen molar-refractivity contribution in [2.75, 3.05) is 13.1 Å². The quantitative estimate of drug-likeness (QED) is 0.160. The Labute approximate surface area is 347 Å². The summed E-state index contributed by atoms with van der Waals surface area (Å²) in [5.41, 5.74) is 4.90. The van der Waals surface area contributed by atoms with E-state index < -0.39 is 0 Å². The van der Waals surface area contributed by atoms with E-state index in [1.165, 1.54) is 0 Å². The van der Waals surface area contributed by atoms with E-state index in [0.717, 1.165) is 68.2 Å². The van der Waals surface area contributed by atoms with Gasteiger partial charge in [-0.3, -0.25) is 19.4 Å². The molecule has 0 saturated carbocycles. The molecule has 2 N–H and O–H groups in total. The molecule has 2 atom stereocenters. The van der Waals surface area contributed by atoms with Crippen LogP contribution in [0.5, 0.6) is 0 Å². The molecule has 0 radical (unpaired) electrons. The number of benzene rings is 4. The number of rotatable bonds is 6. The zero-order valence-electron chi connectivity index (χ0n) is 29.6. The first-order valence-electron chi connectivity index (χ1n) is 17.9. The predicted octanol–water partition coefficient (Wildman–Crippen LogP) is 10.1. The lowest BCUT2D eigenvalue weighted by Crippen LogP contribution is -2.32. The molecule has 55 heavy (non-hydrogen) atoms. The number of fused-ring (bicyclic) bond motifs is 2. The number of halogens is 3. The van der Waals surface area contributed by atoms with Crippen molar-refractivity contribution in [1.29, 1.82) is 0 Å². The second kappa shape index (κ2) is 17.5. The average molecular weight is 980 g/mol. The molecular formula is C42H37Br2IN4O6. The number of hydrogen-bond acceptors (Lipinski definition) is 6. The highest BCUT2D eigenvalue weighted by molar-refractivity contribution is 14.1. The van der Waals surface area contributed by atoms with Crippen molar-refractivity contribution in [1.82, 2.24) is 19.8 Å². The molecule has 2 aliphatic heterocycles. The van der Waals surface area contributed by atoms with Gasteiger partial charge in [0, 0.05) is 44.6 Å². The number of carbonyl (C=O) groups is 2. The summed E-state index contributed by atoms with van der Waals surface area (Å²) in [5, 5.41) is 1.28. The van der Waals surface area contributed by atoms with Crippen molar-refractivity contribution >= 4 is 88.4 Å². The summed E-state index contributed by atoms with van der Waals surface area (Å²) in [6, 6.07) is 31.5. The third-order valence-electron chi connectivity index (χ3n) is 9.82. The van der Waals surface area contributed by atoms with E-state index in [2.05, 4.69) is 64.4 Å². The van der Waals surface area contributed by atoms with Crippen LogP contribution in [-0.2, 0) is 22.7 Å². The number of pyridine rings is 2. The Balaban J connectivity index is 0.000000169. The maximum atomic E-state index is 12.8. The average Bonchev–Trinajstić information content (AvgIpc) is 3.90. The first-order chi connectivity index (χ1) is 26.7. The molecular weight excluding hydrogens is 943 g/mol. The molecule has 8 rings (SSSR count). The number of likely N-dealkylation sites (tertiary alicyclic amines) is 2. The highest BCUT2D eigenvalue weighted by Gasteiger charge is 2.34. The molecule has 4 aromatic carbocycles. The Bertz CT molecular complexity index is 2460. The molecule has 2 unspecified atom stereocenters. The van der Waals surface area contributed by atoms with Crippen LogP contribution in [0.1, 0.15) is 60.3 Å². The molecule has 2 amide bonds. The van der Waals surface area contributed by atoms with Gasteiger partial charge in [0.05, 0.1) is 32.4 Å². The minimum absolute atomic E-state index is 0.0126. The molecule has 0 spiro atoms. The van der Waals surface area contributed by atoms with E-state index in [4.69, 9.17) is 9.47 Å². The maximum absolute atomic E-state index is 12.8. The van der Waals surface area contributed by atoms with Gasteiger partial charge >= 0.3 is 12.2 Å². The smallest absolute Gasteiger partial charge is 0.410 e. The number of aromatic amines is 2. The Kier molecular flexibility index (Phi) is 12.4. The summed E-state index contributed by atoms with van der Waals surface area (Å²) in [6.45, 7) is 1.72. The molecule has 13 heteroatoms. The standard InChI is InChI=1S/C21H18BrIN2O3.C21H19BrN2O3/c22-14-8-9-15-16(11-14)24-19(18(23)20(15)26)17-7-4-10-25(17)21(27)28-12-13-5-2-1-3-6-13;22-15-8-9-16-17(11-15)23-18(12-20(16)25)19-7-4-10-24(19)21(26)27-13-14-5-2-1-3-6-14/h1-3,5-6,8-9,11,17H,4,7,10,12H2,(H,24,26);1-3,5-6,8-9,11-12,19H,4,7,10,13H2,(H,23,25). The predicted molar refractivity (Wildman–Crippen MR) is 228 cm³/mol. The van der Waals surface area contributed by atoms with Gasteiger partial charge in [-0.25, -0.2) is 9.59 Å². The fourth-order valence-corrected chi connectivity index (χ4v) is 8.62. The molecule has 4 heterocycles. The van der Waals surface area contributed by atoms with Crippen LogP contribution >= 0.6 is 54.5 Å². The third kappa shape index (κ3) is 9.00. The van der Waals surface area contributed by atoms with Gasteiger partial charge in [-0.05, 0) is 95.8 Å². The monoisotopic (exact) mass is 978 g/mol. The number of carbonyl (C=O) groups excluding carboxylic acids is 2. The zero-order chi connectivity index (χ0) is 38.5. The number of aromatic nitrogens is 2. The van der Waals surface area contributed by atoms with E-state index in [1.807, 2.05) is 91.0 Å². The fraction of sp³-hybridized carbons (Fsp3) is 0.238. The topological polar surface area (TPSA) is 125 Å². The number of hydrogen-bond donors (Lipinski definition) is 2. The first kappa shape index (κ1) is 38.8. The van der Waals surface area contributed by atoms with Crippen LogP contribution in [0.15, 0.2) is 122 Å². The van der Waals surface area contributed by atoms with Crippen molar-refractivity contribution in [3.05, 3.63) is 159 Å². The van der Waals surface area contributed by atoms with Crippen LogP contribution in [0.25, 0.3) is 21.8 Å². The Morgan fingerprint density at radius 3 is 1.76 bits per heavy atom. The lowest BCUT2D eigenvalue weighted by atomic mass is 10.1. The van der Waals surface area contributed by atoms with Crippen LogP contribution in [0, 0.1) is 3.57 Å². The normalized spacial score (nSPS) is 16.6. The highest BCUT2D eigenvalue weighted by atomic mass is 127. The minimum Gasteiger partial charge on any atom is -0.445 e. The number of nitrogens with one attached hydrogen (secondary N) is 2. The second-order valence-electron chi connectivity index (χ2n) is 13.4. The van der Waals surface area contributed by atoms with Crippen molar-refractivity contribution < 1.29 is 19.1 Å². The van der Waals surface area contributed by atoms with Crippen molar-refractivity contribution in [3.8, 4) is 0 Å². The molecule has 6 aromatic rings. The zero-order valence-corrected chi connectivity index (χ0v) is 34.9. The fourth-order valence-electron chi connectivity index (χ4n) is 7.11. The van der Waals surface area contributed by atoms with E-state index in [-0.39, 0.29) is 48.3 Å². The van der Waals surface area contributed by atoms with E-state index in [1.54, 1.807) is 21.9 Å². The van der Waals surface area contributed by atoms with Crippen LogP contribution in [-0.4, -0.2) is 45.0 Å². The van der Waals surface area contributed by atoms with Gasteiger partial charge in [-0.1, -0.05) is 92.5 Å². The van der Waals surface area contributed by atoms with Crippen LogP contribution in [0.3, 0.4) is 0 Å². The van der Waals surface area contributed by atoms with E-state index >= 15 is 0 Å². The van der Waals surface area contributed by atoms with Crippen molar-refractivity contribution in [3.63, 3.8) is 0 Å². The van der Waals surface area contributed by atoms with Crippen LogP contribution in [0.2, 0.25) is 0 Å². The lowest BCUT2D eigenvalue weighted by molar-refractivity contribution is 0.0908. The van der Waals surface area contributed by atoms with E-state index in [9.17, 15) is 19.2 Å². The summed E-state index contributed by atoms with van der Waals surface area (Å²) in [4.78, 5) is 60.8. The van der Waals surface area contributed by atoms with Gasteiger partial charge in [0.25, 0.3) is 0 Å². The summed E-state index contributed by atoms with van der Waals surface area (Å²) in [7, 11) is 0. The molecule has 2 aromatic heterocycles. The summed E-state index contributed by atoms with van der Waals surface area (Å²) in [6.07, 6.45) is 2.65. The maximum Gasteiger partial charge on any atom is 0.410 e. The van der Waals surface area contributed by atoms with Crippen LogP contribution < -0.4 is 10.9 Å². The van der Waals surface area contributed by atoms with Gasteiger partial charge < -0.3 is 19.4 Å². The first-order valence-corrected chi connectivity index (χ1v) is 20.6. The summed E-state index contributed by atoms with van der Waals surface area (Å²) >= 11 is 8.97. The second-order valence-corrected chi connectivity index (χ2v) is 16.3. The number of ether oxygens (including phenoxy) is 2. The third-order valence-corrected chi connectivity index (χ3v) is 11.9. The minimum atomic E-state index is -0.350. The summed E-state index contributed by atoms with van der Waals surface area (Å²) < 4.78 is 13.4. The molecule has 2 fully saturated rings. The molecule has 2 aliphatic rings. The largest absolute Gasteiger partial charge is 0.445 e. The number of amides is 2. The lowest BCUT2D eigenvalue weighted by Gasteiger charge is -2.25. The van der Waals surface area contributed by atoms with Gasteiger partial charge in [0.2, 0.25) is 5.43 Å². The molecule has 10 nitrogen and oxygen atoms in total. The highest BCUT2D eigenvalue weighted by Crippen LogP contribution is 2.35. The number of nitrogens with zero attached hydrogens (tertiary/aromatic N) is 2. The number of H-pyrrole nitrogens is 2. The Morgan fingerprint density at radius 2 is 1.18 bits per heavy atom. The van der Waals surface area contributed by atoms with E-state index in [0.29, 0.717) is 27.4 Å². The molecule has 2 saturated heterocycles. The SMILES string of the molecule is O=C(OCc1ccccc1)N1CCCC1c1[nH]c2cc(Br)ccc2c(=O)c1I.O=C(OCc1ccccc1)N1CCCC1c1cc(=O)c2ccc(Br)cc2[nH]1. The molecule has 0 aliphatic carbocycles. The van der Waals surface area contributed by atoms with Crippen molar-refractivity contribution in [2.45, 2.75) is 51.0 Å². The van der Waals surface area contributed by atoms with Crippen molar-refractivity contribution in [2.24, 2.45) is 0 Å². The summed E-state index contributed by atoms with van der Waals surface area (Å²) in [5.74, 6) is 0. The van der Waals surface area contributed by atoms with Crippen LogP contribution in [0.4, 0.5) is 9.59 Å². The molecule has 282 valence electrons. The molecule has 0 bridgehead atoms. The van der Waals surface area contributed by atoms with Gasteiger partial charge in [-0.2, -0.15) is 0 Å². The Morgan fingerprint density at radius 1 is 0.673 bits per heavy atom.